The van der Waals surface area contributed by atoms with Crippen LogP contribution in [0.25, 0.3) is 0 Å². The molecule has 0 aromatic heterocycles. The van der Waals surface area contributed by atoms with Crippen molar-refractivity contribution in [3.8, 4) is 0 Å². The predicted octanol–water partition coefficient (Wildman–Crippen LogP) is 0.627. The molecule has 1 aromatic rings. The Morgan fingerprint density at radius 1 is 1.24 bits per heavy atom. The van der Waals surface area contributed by atoms with Crippen LogP contribution in [0.4, 0.5) is 5.69 Å². The maximum absolute atomic E-state index is 11.1. The molecule has 1 saturated carbocycles. The molecule has 0 unspecified atom stereocenters. The van der Waals surface area contributed by atoms with E-state index in [4.69, 9.17) is 10.9 Å². The van der Waals surface area contributed by atoms with Gasteiger partial charge in [-0.2, -0.15) is 0 Å². The highest BCUT2D eigenvalue weighted by Crippen LogP contribution is 2.34. The molecule has 0 heterocycles. The number of rotatable bonds is 4. The van der Waals surface area contributed by atoms with E-state index in [1.807, 2.05) is 0 Å². The van der Waals surface area contributed by atoms with Crippen LogP contribution < -0.4 is 16.2 Å². The molecule has 2 rings (SSSR count). The number of nitrogens with one attached hydrogen (secondary N) is 1. The third-order valence-electron chi connectivity index (χ3n) is 3.29. The fourth-order valence-corrected chi connectivity index (χ4v) is 2.53. The maximum Gasteiger partial charge on any atom is 0.238 e. The van der Waals surface area contributed by atoms with Gasteiger partial charge >= 0.3 is 0 Å². The van der Waals surface area contributed by atoms with Crippen molar-refractivity contribution < 1.29 is 8.42 Å². The van der Waals surface area contributed by atoms with Gasteiger partial charge in [-0.25, -0.2) is 13.6 Å². The predicted molar refractivity (Wildman–Crippen MR) is 67.1 cm³/mol. The summed E-state index contributed by atoms with van der Waals surface area (Å²) in [4.78, 5) is 0.124. The molecule has 94 valence electrons. The van der Waals surface area contributed by atoms with E-state index in [0.29, 0.717) is 6.54 Å². The highest BCUT2D eigenvalue weighted by molar-refractivity contribution is 7.89. The molecule has 0 saturated heterocycles. The first kappa shape index (κ1) is 12.3. The van der Waals surface area contributed by atoms with Crippen molar-refractivity contribution >= 4 is 15.7 Å². The van der Waals surface area contributed by atoms with Gasteiger partial charge in [0.2, 0.25) is 10.0 Å². The minimum atomic E-state index is -3.61. The summed E-state index contributed by atoms with van der Waals surface area (Å²) in [6.45, 7) is 0.587. The van der Waals surface area contributed by atoms with Crippen molar-refractivity contribution in [1.82, 2.24) is 0 Å². The van der Waals surface area contributed by atoms with Gasteiger partial charge in [-0.3, -0.25) is 0 Å². The second kappa shape index (κ2) is 4.29. The van der Waals surface area contributed by atoms with Crippen LogP contribution in [0.5, 0.6) is 0 Å². The number of anilines is 1. The van der Waals surface area contributed by atoms with Crippen LogP contribution in [-0.4, -0.2) is 20.5 Å². The molecule has 5 N–H and O–H groups in total. The van der Waals surface area contributed by atoms with Crippen LogP contribution in [0.1, 0.15) is 19.3 Å². The van der Waals surface area contributed by atoms with Gasteiger partial charge in [0.05, 0.1) is 4.90 Å². The second-order valence-electron chi connectivity index (χ2n) is 4.53. The fourth-order valence-electron chi connectivity index (χ4n) is 2.02. The molecule has 1 aliphatic rings. The Hall–Kier alpha value is -1.11. The normalized spacial score (nSPS) is 18.5. The van der Waals surface area contributed by atoms with Crippen molar-refractivity contribution in [3.63, 3.8) is 0 Å². The molecule has 0 radical (unpaired) electrons. The molecular weight excluding hydrogens is 238 g/mol. The molecular formula is C11H17N3O2S. The topological polar surface area (TPSA) is 98.2 Å². The lowest BCUT2D eigenvalue weighted by Crippen LogP contribution is -2.51. The molecule has 1 aliphatic carbocycles. The van der Waals surface area contributed by atoms with Gasteiger partial charge in [0.25, 0.3) is 0 Å². The van der Waals surface area contributed by atoms with E-state index in [1.165, 1.54) is 18.6 Å². The van der Waals surface area contributed by atoms with E-state index in [2.05, 4.69) is 5.32 Å². The van der Waals surface area contributed by atoms with E-state index in [-0.39, 0.29) is 10.4 Å². The maximum atomic E-state index is 11.1. The fraction of sp³-hybridized carbons (Fsp3) is 0.455. The summed E-state index contributed by atoms with van der Waals surface area (Å²) in [6.07, 6.45) is 3.29. The summed E-state index contributed by atoms with van der Waals surface area (Å²) in [7, 11) is -3.61. The van der Waals surface area contributed by atoms with E-state index >= 15 is 0 Å². The van der Waals surface area contributed by atoms with E-state index in [1.54, 1.807) is 12.1 Å². The molecule has 0 spiro atoms. The zero-order valence-corrected chi connectivity index (χ0v) is 10.3. The smallest absolute Gasteiger partial charge is 0.238 e. The second-order valence-corrected chi connectivity index (χ2v) is 6.09. The van der Waals surface area contributed by atoms with Crippen LogP contribution in [0, 0.1) is 0 Å². The summed E-state index contributed by atoms with van der Waals surface area (Å²) in [5.41, 5.74) is 6.60. The van der Waals surface area contributed by atoms with Gasteiger partial charge in [0.15, 0.2) is 0 Å². The number of benzene rings is 1. The molecule has 0 aliphatic heterocycles. The highest BCUT2D eigenvalue weighted by atomic mass is 32.2. The number of hydrogen-bond donors (Lipinski definition) is 3. The first-order valence-electron chi connectivity index (χ1n) is 5.56. The first-order chi connectivity index (χ1) is 7.95. The Kier molecular flexibility index (Phi) is 3.11. The van der Waals surface area contributed by atoms with Crippen LogP contribution in [0.15, 0.2) is 29.2 Å². The number of nitrogens with two attached hydrogens (primary N) is 2. The summed E-state index contributed by atoms with van der Waals surface area (Å²) in [5, 5.41) is 8.39. The minimum Gasteiger partial charge on any atom is -0.378 e. The third kappa shape index (κ3) is 2.59. The molecule has 0 bridgehead atoms. The van der Waals surface area contributed by atoms with E-state index < -0.39 is 10.0 Å². The molecule has 1 aromatic carbocycles. The lowest BCUT2D eigenvalue weighted by atomic mass is 9.76. The van der Waals surface area contributed by atoms with Crippen LogP contribution in [0.2, 0.25) is 0 Å². The largest absolute Gasteiger partial charge is 0.378 e. The molecule has 5 nitrogen and oxygen atoms in total. The van der Waals surface area contributed by atoms with Crippen molar-refractivity contribution in [1.29, 1.82) is 0 Å². The Labute approximate surface area is 101 Å². The van der Waals surface area contributed by atoms with Gasteiger partial charge in [-0.15, -0.1) is 0 Å². The molecule has 0 atom stereocenters. The number of primary sulfonamides is 1. The monoisotopic (exact) mass is 255 g/mol. The summed E-state index contributed by atoms with van der Waals surface area (Å²) in [6, 6.07) is 6.44. The molecule has 6 heteroatoms. The summed E-state index contributed by atoms with van der Waals surface area (Å²) >= 11 is 0. The number of hydrogen-bond acceptors (Lipinski definition) is 4. The Bertz CT molecular complexity index is 486. The van der Waals surface area contributed by atoms with Crippen LogP contribution >= 0.6 is 0 Å². The zero-order chi connectivity index (χ0) is 12.5. The van der Waals surface area contributed by atoms with Crippen molar-refractivity contribution in [2.75, 3.05) is 11.9 Å². The average Bonchev–Trinajstić information content (AvgIpc) is 2.23. The van der Waals surface area contributed by atoms with Gasteiger partial charge in [-0.1, -0.05) is 0 Å². The summed E-state index contributed by atoms with van der Waals surface area (Å²) < 4.78 is 22.2. The van der Waals surface area contributed by atoms with Gasteiger partial charge in [0, 0.05) is 17.8 Å². The standard InChI is InChI=1S/C11H17N3O2S/c12-8-11(6-1-7-11)14-9-2-4-10(5-3-9)17(13,15)16/h2-5,14H,1,6-8,12H2,(H2,13,15,16). The SMILES string of the molecule is NCC1(Nc2ccc(S(N)(=O)=O)cc2)CCC1. The van der Waals surface area contributed by atoms with Gasteiger partial charge < -0.3 is 11.1 Å². The van der Waals surface area contributed by atoms with Crippen molar-refractivity contribution in [2.45, 2.75) is 29.7 Å². The van der Waals surface area contributed by atoms with E-state index in [9.17, 15) is 8.42 Å². The lowest BCUT2D eigenvalue weighted by molar-refractivity contribution is 0.287. The minimum absolute atomic E-state index is 0.0108. The molecule has 0 amide bonds. The van der Waals surface area contributed by atoms with Gasteiger partial charge in [-0.05, 0) is 43.5 Å². The van der Waals surface area contributed by atoms with E-state index in [0.717, 1.165) is 18.5 Å². The van der Waals surface area contributed by atoms with Crippen molar-refractivity contribution in [3.05, 3.63) is 24.3 Å². The molecule has 17 heavy (non-hydrogen) atoms. The van der Waals surface area contributed by atoms with Crippen LogP contribution in [0.3, 0.4) is 0 Å². The summed E-state index contributed by atoms with van der Waals surface area (Å²) in [5.74, 6) is 0. The third-order valence-corrected chi connectivity index (χ3v) is 4.22. The van der Waals surface area contributed by atoms with Gasteiger partial charge in [0.1, 0.15) is 0 Å². The first-order valence-corrected chi connectivity index (χ1v) is 7.11. The Morgan fingerprint density at radius 2 is 1.82 bits per heavy atom. The Morgan fingerprint density at radius 3 is 2.18 bits per heavy atom. The number of sulfonamides is 1. The zero-order valence-electron chi connectivity index (χ0n) is 9.52. The highest BCUT2D eigenvalue weighted by Gasteiger charge is 2.35. The quantitative estimate of drug-likeness (QED) is 0.734. The van der Waals surface area contributed by atoms with Crippen molar-refractivity contribution in [2.24, 2.45) is 10.9 Å². The lowest BCUT2D eigenvalue weighted by Gasteiger charge is -2.42. The molecule has 1 fully saturated rings. The Balaban J connectivity index is 2.14. The van der Waals surface area contributed by atoms with Crippen LogP contribution in [-0.2, 0) is 10.0 Å². The average molecular weight is 255 g/mol.